The molecular weight excluding hydrogens is 562 g/mol. The Balaban J connectivity index is 1.43. The number of fused-ring (bicyclic) bond motifs is 1. The second-order valence-electron chi connectivity index (χ2n) is 7.93. The first-order valence-corrected chi connectivity index (χ1v) is 12.8. The predicted molar refractivity (Wildman–Crippen MR) is 148 cm³/mol. The first-order valence-electron chi connectivity index (χ1n) is 10.8. The topological polar surface area (TPSA) is 65.0 Å². The van der Waals surface area contributed by atoms with Crippen LogP contribution in [0.4, 0.5) is 0 Å². The van der Waals surface area contributed by atoms with Crippen LogP contribution in [0, 0.1) is 6.92 Å². The molecule has 36 heavy (non-hydrogen) atoms. The van der Waals surface area contributed by atoms with Crippen LogP contribution in [0.5, 0.6) is 5.75 Å². The molecule has 4 aromatic rings. The maximum Gasteiger partial charge on any atom is 0.363 e. The van der Waals surface area contributed by atoms with Gasteiger partial charge in [0.15, 0.2) is 5.70 Å². The quantitative estimate of drug-likeness (QED) is 0.137. The fourth-order valence-electron chi connectivity index (χ4n) is 3.55. The van der Waals surface area contributed by atoms with Gasteiger partial charge in [0.05, 0.1) is 5.02 Å². The summed E-state index contributed by atoms with van der Waals surface area (Å²) in [6.07, 6.45) is 4.95. The summed E-state index contributed by atoms with van der Waals surface area (Å²) >= 11 is 11.2. The number of aliphatic imine (C=N–C) groups is 1. The lowest BCUT2D eigenvalue weighted by Crippen LogP contribution is -2.08. The zero-order valence-electron chi connectivity index (χ0n) is 18.8. The second-order valence-corrected chi connectivity index (χ2v) is 10.3. The third-order valence-corrected chi connectivity index (χ3v) is 7.42. The first-order chi connectivity index (χ1) is 17.4. The number of carbonyl (C=O) groups excluding carboxylic acids is 2. The molecule has 178 valence electrons. The van der Waals surface area contributed by atoms with E-state index in [1.54, 1.807) is 30.4 Å². The van der Waals surface area contributed by atoms with E-state index in [0.29, 0.717) is 15.5 Å². The molecule has 5 rings (SSSR count). The van der Waals surface area contributed by atoms with Crippen LogP contribution in [0.1, 0.15) is 26.4 Å². The molecular formula is C28H17BrClNO4S. The van der Waals surface area contributed by atoms with Gasteiger partial charge in [0, 0.05) is 26.2 Å². The number of rotatable bonds is 5. The molecule has 0 fully saturated rings. The Morgan fingerprint density at radius 1 is 1.08 bits per heavy atom. The minimum absolute atomic E-state index is 0.0912. The molecule has 0 unspecified atom stereocenters. The molecule has 2 heterocycles. The second kappa shape index (κ2) is 10.2. The van der Waals surface area contributed by atoms with Gasteiger partial charge in [0.25, 0.3) is 0 Å². The van der Waals surface area contributed by atoms with E-state index in [4.69, 9.17) is 21.1 Å². The molecule has 1 aromatic heterocycles. The lowest BCUT2D eigenvalue weighted by molar-refractivity contribution is -0.129. The Hall–Kier alpha value is -3.52. The third kappa shape index (κ3) is 5.18. The molecule has 0 saturated carbocycles. The van der Waals surface area contributed by atoms with Crippen LogP contribution in [0.15, 0.2) is 88.0 Å². The van der Waals surface area contributed by atoms with Crippen LogP contribution < -0.4 is 4.74 Å². The number of halogens is 2. The molecule has 0 saturated heterocycles. The lowest BCUT2D eigenvalue weighted by Gasteiger charge is -2.08. The van der Waals surface area contributed by atoms with E-state index >= 15 is 0 Å². The minimum Gasteiger partial charge on any atom is -0.422 e. The number of esters is 2. The number of aryl methyl sites for hydroxylation is 1. The zero-order chi connectivity index (χ0) is 25.2. The number of carbonyl (C=O) groups is 2. The van der Waals surface area contributed by atoms with E-state index < -0.39 is 11.9 Å². The number of thiophene rings is 1. The van der Waals surface area contributed by atoms with Gasteiger partial charge in [-0.25, -0.2) is 14.6 Å². The maximum atomic E-state index is 13.0. The van der Waals surface area contributed by atoms with Crippen LogP contribution >= 0.6 is 38.9 Å². The van der Waals surface area contributed by atoms with E-state index in [1.165, 1.54) is 17.4 Å². The van der Waals surface area contributed by atoms with Crippen LogP contribution in [0.25, 0.3) is 22.2 Å². The van der Waals surface area contributed by atoms with Crippen LogP contribution in [0.2, 0.25) is 5.02 Å². The molecule has 8 heteroatoms. The van der Waals surface area contributed by atoms with E-state index in [0.717, 1.165) is 25.7 Å². The number of ether oxygens (including phenoxy) is 2. The van der Waals surface area contributed by atoms with E-state index in [1.807, 2.05) is 55.5 Å². The summed E-state index contributed by atoms with van der Waals surface area (Å²) in [6.45, 7) is 1.98. The van der Waals surface area contributed by atoms with Crippen molar-refractivity contribution in [3.8, 4) is 5.75 Å². The molecule has 0 aliphatic carbocycles. The minimum atomic E-state index is -0.595. The predicted octanol–water partition coefficient (Wildman–Crippen LogP) is 7.85. The third-order valence-electron chi connectivity index (χ3n) is 5.29. The molecule has 0 atom stereocenters. The Labute approximate surface area is 224 Å². The molecule has 0 spiro atoms. The molecule has 0 bridgehead atoms. The summed E-state index contributed by atoms with van der Waals surface area (Å²) < 4.78 is 12.6. The van der Waals surface area contributed by atoms with Crippen molar-refractivity contribution in [2.45, 2.75) is 6.92 Å². The summed E-state index contributed by atoms with van der Waals surface area (Å²) in [5.74, 6) is -0.736. The maximum absolute atomic E-state index is 13.0. The van der Waals surface area contributed by atoms with Crippen molar-refractivity contribution in [2.24, 2.45) is 4.99 Å². The highest BCUT2D eigenvalue weighted by atomic mass is 79.9. The summed E-state index contributed by atoms with van der Waals surface area (Å²) in [5.41, 5.74) is 2.59. The summed E-state index contributed by atoms with van der Waals surface area (Å²) in [6, 6.07) is 20.5. The highest BCUT2D eigenvalue weighted by Crippen LogP contribution is 2.37. The van der Waals surface area contributed by atoms with E-state index in [9.17, 15) is 9.59 Å². The fourth-order valence-corrected chi connectivity index (χ4v) is 5.41. The molecule has 3 aromatic carbocycles. The first kappa shape index (κ1) is 24.2. The number of benzene rings is 3. The number of nitrogens with zero attached hydrogens (tertiary/aromatic N) is 1. The molecule has 0 amide bonds. The standard InChI is InChI=1S/C28H17BrClNO4S/c1-16-7-10-20-23(13-16)36-26(25(20)30)28(33)34-22-11-9-19(29)14-18(22)15-21-27(32)35-24(31-21)12-8-17-5-3-2-4-6-17/h2-15H,1H3/b12-8+,21-15+. The van der Waals surface area contributed by atoms with Gasteiger partial charge in [0.1, 0.15) is 10.6 Å². The van der Waals surface area contributed by atoms with Crippen LogP contribution in [-0.2, 0) is 9.53 Å². The highest BCUT2D eigenvalue weighted by Gasteiger charge is 2.23. The van der Waals surface area contributed by atoms with Crippen molar-refractivity contribution in [1.29, 1.82) is 0 Å². The van der Waals surface area contributed by atoms with Gasteiger partial charge in [-0.1, -0.05) is 70.0 Å². The monoisotopic (exact) mass is 577 g/mol. The Bertz CT molecular complexity index is 1600. The fraction of sp³-hybridized carbons (Fsp3) is 0.0357. The van der Waals surface area contributed by atoms with Crippen LogP contribution in [0.3, 0.4) is 0 Å². The number of hydrogen-bond donors (Lipinski definition) is 0. The van der Waals surface area contributed by atoms with Crippen molar-refractivity contribution >= 4 is 78.9 Å². The number of cyclic esters (lactones) is 1. The average Bonchev–Trinajstić information content (AvgIpc) is 3.38. The summed E-state index contributed by atoms with van der Waals surface area (Å²) in [7, 11) is 0. The van der Waals surface area contributed by atoms with Gasteiger partial charge >= 0.3 is 11.9 Å². The highest BCUT2D eigenvalue weighted by molar-refractivity contribution is 9.10. The summed E-state index contributed by atoms with van der Waals surface area (Å²) in [5, 5.41) is 1.16. The smallest absolute Gasteiger partial charge is 0.363 e. The van der Waals surface area contributed by atoms with Crippen molar-refractivity contribution in [1.82, 2.24) is 0 Å². The van der Waals surface area contributed by atoms with E-state index in [-0.39, 0.29) is 17.3 Å². The van der Waals surface area contributed by atoms with Crippen LogP contribution in [-0.4, -0.2) is 17.8 Å². The van der Waals surface area contributed by atoms with Gasteiger partial charge in [-0.05, 0) is 54.5 Å². The van der Waals surface area contributed by atoms with Gasteiger partial charge in [-0.15, -0.1) is 11.3 Å². The van der Waals surface area contributed by atoms with Gasteiger partial charge in [-0.3, -0.25) is 0 Å². The average molecular weight is 579 g/mol. The van der Waals surface area contributed by atoms with Crippen molar-refractivity contribution in [2.75, 3.05) is 0 Å². The molecule has 1 aliphatic heterocycles. The largest absolute Gasteiger partial charge is 0.422 e. The lowest BCUT2D eigenvalue weighted by atomic mass is 10.1. The Kier molecular flexibility index (Phi) is 6.87. The van der Waals surface area contributed by atoms with Gasteiger partial charge in [0.2, 0.25) is 5.90 Å². The van der Waals surface area contributed by atoms with Crippen molar-refractivity contribution in [3.63, 3.8) is 0 Å². The van der Waals surface area contributed by atoms with E-state index in [2.05, 4.69) is 20.9 Å². The van der Waals surface area contributed by atoms with Gasteiger partial charge in [-0.2, -0.15) is 0 Å². The Morgan fingerprint density at radius 3 is 2.69 bits per heavy atom. The normalized spacial score (nSPS) is 14.5. The molecule has 1 aliphatic rings. The zero-order valence-corrected chi connectivity index (χ0v) is 22.0. The summed E-state index contributed by atoms with van der Waals surface area (Å²) in [4.78, 5) is 30.1. The SMILES string of the molecule is Cc1ccc2c(Cl)c(C(=O)Oc3ccc(Br)cc3/C=C3N=C(/C=C/c4ccccc4)OC/3=O)sc2c1. The van der Waals surface area contributed by atoms with Crippen molar-refractivity contribution < 1.29 is 19.1 Å². The van der Waals surface area contributed by atoms with Gasteiger partial charge < -0.3 is 9.47 Å². The molecule has 5 nitrogen and oxygen atoms in total. The molecule has 0 N–H and O–H groups in total. The number of hydrogen-bond acceptors (Lipinski definition) is 6. The Morgan fingerprint density at radius 2 is 1.89 bits per heavy atom. The van der Waals surface area contributed by atoms with Crippen molar-refractivity contribution in [3.05, 3.63) is 110 Å². The molecule has 0 radical (unpaired) electrons.